The summed E-state index contributed by atoms with van der Waals surface area (Å²) in [5.41, 5.74) is 2.30. The zero-order chi connectivity index (χ0) is 18.4. The molecule has 2 aromatic carbocycles. The molecule has 0 fully saturated rings. The van der Waals surface area contributed by atoms with Crippen LogP contribution in [0.15, 0.2) is 45.8 Å². The first-order valence-electron chi connectivity index (χ1n) is 7.24. The molecule has 2 N–H and O–H groups in total. The summed E-state index contributed by atoms with van der Waals surface area (Å²) in [4.78, 5) is -0.593. The van der Waals surface area contributed by atoms with Crippen molar-refractivity contribution < 1.29 is 21.7 Å². The van der Waals surface area contributed by atoms with Crippen molar-refractivity contribution in [2.75, 3.05) is 0 Å². The van der Waals surface area contributed by atoms with Gasteiger partial charge in [0.2, 0.25) is 10.0 Å². The van der Waals surface area contributed by atoms with Crippen molar-refractivity contribution in [3.8, 4) is 22.4 Å². The zero-order valence-electron chi connectivity index (χ0n) is 13.4. The van der Waals surface area contributed by atoms with Crippen molar-refractivity contribution >= 4 is 10.0 Å². The fraction of sp³-hybridized carbons (Fsp3) is 0.118. The highest BCUT2D eigenvalue weighted by Gasteiger charge is 2.20. The highest BCUT2D eigenvalue weighted by atomic mass is 32.2. The zero-order valence-corrected chi connectivity index (χ0v) is 14.2. The lowest BCUT2D eigenvalue weighted by molar-refractivity contribution is 0.400. The topological polar surface area (TPSA) is 86.2 Å². The van der Waals surface area contributed by atoms with Gasteiger partial charge in [-0.2, -0.15) is 0 Å². The van der Waals surface area contributed by atoms with Crippen molar-refractivity contribution in [2.45, 2.75) is 18.7 Å². The SMILES string of the molecule is Cc1cc(-c2noc(C)c2-c2ccc(S(N)(=O)=O)c(F)c2)ccc1F. The van der Waals surface area contributed by atoms with Crippen LogP contribution in [0.5, 0.6) is 0 Å². The van der Waals surface area contributed by atoms with E-state index in [1.807, 2.05) is 0 Å². The molecule has 0 aliphatic heterocycles. The molecule has 130 valence electrons. The number of nitrogens with zero attached hydrogens (tertiary/aromatic N) is 1. The van der Waals surface area contributed by atoms with E-state index in [1.165, 1.54) is 18.2 Å². The van der Waals surface area contributed by atoms with E-state index in [2.05, 4.69) is 5.16 Å². The molecule has 25 heavy (non-hydrogen) atoms. The number of aryl methyl sites for hydroxylation is 2. The average molecular weight is 364 g/mol. The van der Waals surface area contributed by atoms with Crippen molar-refractivity contribution in [2.24, 2.45) is 5.14 Å². The Bertz CT molecular complexity index is 1080. The Balaban J connectivity index is 2.17. The molecule has 0 spiro atoms. The van der Waals surface area contributed by atoms with Crippen molar-refractivity contribution in [3.05, 3.63) is 59.4 Å². The van der Waals surface area contributed by atoms with Gasteiger partial charge in [0.1, 0.15) is 28.0 Å². The molecule has 3 aromatic rings. The molecule has 0 aliphatic rings. The van der Waals surface area contributed by atoms with Crippen molar-refractivity contribution in [1.29, 1.82) is 0 Å². The van der Waals surface area contributed by atoms with Gasteiger partial charge >= 0.3 is 0 Å². The minimum absolute atomic E-state index is 0.353. The van der Waals surface area contributed by atoms with Crippen LogP contribution in [0.3, 0.4) is 0 Å². The molecule has 1 heterocycles. The van der Waals surface area contributed by atoms with Crippen LogP contribution in [-0.4, -0.2) is 13.6 Å². The van der Waals surface area contributed by atoms with Crippen LogP contribution in [0.2, 0.25) is 0 Å². The molecule has 0 atom stereocenters. The number of nitrogens with two attached hydrogens (primary N) is 1. The summed E-state index contributed by atoms with van der Waals surface area (Å²) in [6.07, 6.45) is 0. The van der Waals surface area contributed by atoms with Gasteiger partial charge in [-0.25, -0.2) is 22.3 Å². The molecule has 0 saturated heterocycles. The summed E-state index contributed by atoms with van der Waals surface area (Å²) in [5.74, 6) is -0.907. The Kier molecular flexibility index (Phi) is 4.18. The number of primary sulfonamides is 1. The first-order valence-corrected chi connectivity index (χ1v) is 8.78. The predicted octanol–water partition coefficient (Wildman–Crippen LogP) is 3.55. The molecular formula is C17H14F2N2O3S. The maximum Gasteiger partial charge on any atom is 0.240 e. The van der Waals surface area contributed by atoms with E-state index in [9.17, 15) is 17.2 Å². The van der Waals surface area contributed by atoms with Gasteiger partial charge < -0.3 is 4.52 Å². The quantitative estimate of drug-likeness (QED) is 0.770. The van der Waals surface area contributed by atoms with E-state index in [4.69, 9.17) is 9.66 Å². The fourth-order valence-corrected chi connectivity index (χ4v) is 3.18. The Morgan fingerprint density at radius 3 is 2.28 bits per heavy atom. The number of sulfonamides is 1. The van der Waals surface area contributed by atoms with E-state index in [1.54, 1.807) is 19.9 Å². The van der Waals surface area contributed by atoms with E-state index >= 15 is 0 Å². The van der Waals surface area contributed by atoms with Crippen LogP contribution in [0, 0.1) is 25.5 Å². The second-order valence-electron chi connectivity index (χ2n) is 5.62. The third kappa shape index (κ3) is 3.18. The van der Waals surface area contributed by atoms with Crippen molar-refractivity contribution in [3.63, 3.8) is 0 Å². The molecule has 5 nitrogen and oxygen atoms in total. The largest absolute Gasteiger partial charge is 0.360 e. The first-order chi connectivity index (χ1) is 11.7. The lowest BCUT2D eigenvalue weighted by atomic mass is 9.98. The van der Waals surface area contributed by atoms with Crippen LogP contribution in [0.4, 0.5) is 8.78 Å². The minimum Gasteiger partial charge on any atom is -0.360 e. The van der Waals surface area contributed by atoms with Gasteiger partial charge in [0.25, 0.3) is 0 Å². The van der Waals surface area contributed by atoms with Gasteiger partial charge in [-0.15, -0.1) is 0 Å². The summed E-state index contributed by atoms with van der Waals surface area (Å²) in [6.45, 7) is 3.26. The molecule has 1 aromatic heterocycles. The van der Waals surface area contributed by atoms with Crippen LogP contribution in [-0.2, 0) is 10.0 Å². The van der Waals surface area contributed by atoms with Gasteiger partial charge in [0, 0.05) is 5.56 Å². The maximum absolute atomic E-state index is 14.2. The lowest BCUT2D eigenvalue weighted by Crippen LogP contribution is -2.13. The Hall–Kier alpha value is -2.58. The second kappa shape index (κ2) is 6.05. The third-order valence-electron chi connectivity index (χ3n) is 3.82. The smallest absolute Gasteiger partial charge is 0.240 e. The number of benzene rings is 2. The molecule has 0 bridgehead atoms. The number of aromatic nitrogens is 1. The Morgan fingerprint density at radius 1 is 1.00 bits per heavy atom. The van der Waals surface area contributed by atoms with Gasteiger partial charge in [-0.1, -0.05) is 11.2 Å². The third-order valence-corrected chi connectivity index (χ3v) is 4.77. The van der Waals surface area contributed by atoms with Crippen LogP contribution in [0.25, 0.3) is 22.4 Å². The van der Waals surface area contributed by atoms with Gasteiger partial charge in [-0.05, 0) is 55.3 Å². The van der Waals surface area contributed by atoms with Gasteiger partial charge in [0.05, 0.1) is 5.56 Å². The van der Waals surface area contributed by atoms with Crippen LogP contribution in [0.1, 0.15) is 11.3 Å². The molecule has 0 radical (unpaired) electrons. The molecule has 0 unspecified atom stereocenters. The molecule has 3 rings (SSSR count). The van der Waals surface area contributed by atoms with Gasteiger partial charge in [0.15, 0.2) is 0 Å². The van der Waals surface area contributed by atoms with Gasteiger partial charge in [-0.3, -0.25) is 0 Å². The maximum atomic E-state index is 14.2. The highest BCUT2D eigenvalue weighted by Crippen LogP contribution is 2.35. The van der Waals surface area contributed by atoms with E-state index in [0.717, 1.165) is 12.1 Å². The first kappa shape index (κ1) is 17.2. The van der Waals surface area contributed by atoms with Crippen LogP contribution < -0.4 is 5.14 Å². The Morgan fingerprint density at radius 2 is 1.68 bits per heavy atom. The number of hydrogen-bond donors (Lipinski definition) is 1. The Labute approximate surface area is 143 Å². The predicted molar refractivity (Wildman–Crippen MR) is 88.1 cm³/mol. The second-order valence-corrected chi connectivity index (χ2v) is 7.15. The number of hydrogen-bond acceptors (Lipinski definition) is 4. The fourth-order valence-electron chi connectivity index (χ4n) is 2.59. The molecule has 8 heteroatoms. The summed E-state index contributed by atoms with van der Waals surface area (Å²) >= 11 is 0. The van der Waals surface area contributed by atoms with Crippen LogP contribution >= 0.6 is 0 Å². The monoisotopic (exact) mass is 364 g/mol. The summed E-state index contributed by atoms with van der Waals surface area (Å²) in [7, 11) is -4.16. The van der Waals surface area contributed by atoms with Crippen molar-refractivity contribution in [1.82, 2.24) is 5.16 Å². The van der Waals surface area contributed by atoms with E-state index in [-0.39, 0.29) is 5.82 Å². The standard InChI is InChI=1S/C17H14F2N2O3S/c1-9-7-12(3-5-13(9)18)17-16(10(2)24-21-17)11-4-6-15(14(19)8-11)25(20,22)23/h3-8H,1-2H3,(H2,20,22,23). The number of halogens is 2. The normalized spacial score (nSPS) is 11.7. The molecular weight excluding hydrogens is 350 g/mol. The summed E-state index contributed by atoms with van der Waals surface area (Å²) < 4.78 is 55.5. The molecule has 0 amide bonds. The van der Waals surface area contributed by atoms with E-state index < -0.39 is 20.7 Å². The summed E-state index contributed by atoms with van der Waals surface area (Å²) in [6, 6.07) is 8.01. The van der Waals surface area contributed by atoms with E-state index in [0.29, 0.717) is 33.7 Å². The summed E-state index contributed by atoms with van der Waals surface area (Å²) in [5, 5.41) is 8.95. The average Bonchev–Trinajstić information content (AvgIpc) is 2.90. The molecule has 0 saturated carbocycles. The lowest BCUT2D eigenvalue weighted by Gasteiger charge is -2.07. The highest BCUT2D eigenvalue weighted by molar-refractivity contribution is 7.89. The molecule has 0 aliphatic carbocycles. The number of rotatable bonds is 3. The minimum atomic E-state index is -4.16.